The molecule has 0 spiro atoms. The van der Waals surface area contributed by atoms with Crippen LogP contribution in [0.4, 0.5) is 0 Å². The molecule has 0 aliphatic heterocycles. The van der Waals surface area contributed by atoms with Gasteiger partial charge in [-0.25, -0.2) is 9.59 Å². The van der Waals surface area contributed by atoms with Gasteiger partial charge >= 0.3 is 11.9 Å². The topological polar surface area (TPSA) is 118 Å². The zero-order valence-electron chi connectivity index (χ0n) is 14.0. The van der Waals surface area contributed by atoms with Gasteiger partial charge in [-0.2, -0.15) is 10.2 Å². The molecular formula is C18H16N2O6. The number of hydrogen-bond acceptors (Lipinski definition) is 8. The van der Waals surface area contributed by atoms with Crippen molar-refractivity contribution < 1.29 is 29.3 Å². The van der Waals surface area contributed by atoms with E-state index in [-0.39, 0.29) is 22.6 Å². The van der Waals surface area contributed by atoms with Crippen molar-refractivity contribution in [3.8, 4) is 11.5 Å². The summed E-state index contributed by atoms with van der Waals surface area (Å²) >= 11 is 0. The predicted molar refractivity (Wildman–Crippen MR) is 94.1 cm³/mol. The molecule has 0 atom stereocenters. The van der Waals surface area contributed by atoms with Crippen LogP contribution < -0.4 is 0 Å². The van der Waals surface area contributed by atoms with E-state index in [9.17, 15) is 19.8 Å². The second-order valence-electron chi connectivity index (χ2n) is 5.03. The van der Waals surface area contributed by atoms with Gasteiger partial charge in [0.2, 0.25) is 0 Å². The van der Waals surface area contributed by atoms with E-state index in [1.807, 2.05) is 0 Å². The monoisotopic (exact) mass is 356 g/mol. The summed E-state index contributed by atoms with van der Waals surface area (Å²) in [6.07, 6.45) is 2.76. The SMILES string of the molecule is COC(=O)c1cc(/C=N/N=C/c2ccc(O)c(C(=O)OC)c2)ccc1O. The molecule has 2 rings (SSSR count). The smallest absolute Gasteiger partial charge is 0.341 e. The third-order valence-electron chi connectivity index (χ3n) is 3.33. The first kappa shape index (κ1) is 18.7. The fraction of sp³-hybridized carbons (Fsp3) is 0.111. The number of ether oxygens (including phenoxy) is 2. The Balaban J connectivity index is 2.16. The highest BCUT2D eigenvalue weighted by Gasteiger charge is 2.12. The maximum atomic E-state index is 11.5. The van der Waals surface area contributed by atoms with Gasteiger partial charge < -0.3 is 19.7 Å². The lowest BCUT2D eigenvalue weighted by molar-refractivity contribution is 0.0588. The molecule has 2 aromatic carbocycles. The molecule has 0 aliphatic rings. The summed E-state index contributed by atoms with van der Waals surface area (Å²) in [4.78, 5) is 23.1. The zero-order chi connectivity index (χ0) is 19.1. The van der Waals surface area contributed by atoms with Crippen molar-refractivity contribution in [1.82, 2.24) is 0 Å². The Kier molecular flexibility index (Phi) is 6.05. The molecule has 0 heterocycles. The molecule has 134 valence electrons. The Morgan fingerprint density at radius 2 is 1.19 bits per heavy atom. The van der Waals surface area contributed by atoms with E-state index in [0.717, 1.165) is 0 Å². The van der Waals surface area contributed by atoms with Gasteiger partial charge in [-0.1, -0.05) is 0 Å². The number of rotatable bonds is 5. The molecule has 0 radical (unpaired) electrons. The van der Waals surface area contributed by atoms with Crippen molar-refractivity contribution >= 4 is 24.4 Å². The van der Waals surface area contributed by atoms with Crippen molar-refractivity contribution in [2.45, 2.75) is 0 Å². The van der Waals surface area contributed by atoms with E-state index < -0.39 is 11.9 Å². The van der Waals surface area contributed by atoms with Crippen LogP contribution in [0.2, 0.25) is 0 Å². The van der Waals surface area contributed by atoms with Crippen molar-refractivity contribution in [3.05, 3.63) is 58.7 Å². The molecule has 0 saturated heterocycles. The average molecular weight is 356 g/mol. The third kappa shape index (κ3) is 4.44. The number of esters is 2. The Morgan fingerprint density at radius 1 is 0.808 bits per heavy atom. The molecule has 8 heteroatoms. The van der Waals surface area contributed by atoms with E-state index in [1.54, 1.807) is 12.1 Å². The number of benzene rings is 2. The lowest BCUT2D eigenvalue weighted by Crippen LogP contribution is -2.02. The van der Waals surface area contributed by atoms with Crippen LogP contribution in [-0.4, -0.2) is 48.8 Å². The minimum atomic E-state index is -0.666. The third-order valence-corrected chi connectivity index (χ3v) is 3.33. The maximum Gasteiger partial charge on any atom is 0.341 e. The molecule has 2 aromatic rings. The van der Waals surface area contributed by atoms with E-state index in [1.165, 1.54) is 50.9 Å². The van der Waals surface area contributed by atoms with Crippen LogP contribution in [0.25, 0.3) is 0 Å². The normalized spacial score (nSPS) is 11.0. The highest BCUT2D eigenvalue weighted by Crippen LogP contribution is 2.19. The van der Waals surface area contributed by atoms with E-state index in [2.05, 4.69) is 19.7 Å². The van der Waals surface area contributed by atoms with Crippen molar-refractivity contribution in [3.63, 3.8) is 0 Å². The van der Waals surface area contributed by atoms with E-state index in [0.29, 0.717) is 11.1 Å². The second-order valence-corrected chi connectivity index (χ2v) is 5.03. The number of carbonyl (C=O) groups is 2. The number of carbonyl (C=O) groups excluding carboxylic acids is 2. The van der Waals surface area contributed by atoms with Gasteiger partial charge in [0.05, 0.1) is 26.6 Å². The van der Waals surface area contributed by atoms with Gasteiger partial charge in [-0.05, 0) is 47.5 Å². The van der Waals surface area contributed by atoms with Crippen LogP contribution in [-0.2, 0) is 9.47 Å². The molecule has 2 N–H and O–H groups in total. The van der Waals surface area contributed by atoms with Gasteiger partial charge in [-0.15, -0.1) is 0 Å². The molecule has 0 aromatic heterocycles. The van der Waals surface area contributed by atoms with Crippen molar-refractivity contribution in [1.29, 1.82) is 0 Å². The van der Waals surface area contributed by atoms with Gasteiger partial charge in [0.1, 0.15) is 22.6 Å². The number of phenolic OH excluding ortho intramolecular Hbond substituents is 2. The number of nitrogens with zero attached hydrogens (tertiary/aromatic N) is 2. The molecule has 0 amide bonds. The van der Waals surface area contributed by atoms with Crippen LogP contribution in [0.1, 0.15) is 31.8 Å². The van der Waals surface area contributed by atoms with E-state index in [4.69, 9.17) is 0 Å². The lowest BCUT2D eigenvalue weighted by atomic mass is 10.1. The standard InChI is InChI=1S/C18H16N2O6/c1-25-17(23)13-7-11(3-5-15(13)21)9-19-20-10-12-4-6-16(22)14(8-12)18(24)26-2/h3-10,21-22H,1-2H3/b19-9+,20-10+. The lowest BCUT2D eigenvalue weighted by Gasteiger charge is -2.03. The first-order valence-electron chi connectivity index (χ1n) is 7.35. The largest absolute Gasteiger partial charge is 0.507 e. The predicted octanol–water partition coefficient (Wildman–Crippen LogP) is 2.12. The number of methoxy groups -OCH3 is 2. The zero-order valence-corrected chi connectivity index (χ0v) is 14.0. The highest BCUT2D eigenvalue weighted by molar-refractivity contribution is 5.96. The Hall–Kier alpha value is -3.68. The summed E-state index contributed by atoms with van der Waals surface area (Å²) in [6, 6.07) is 8.62. The summed E-state index contributed by atoms with van der Waals surface area (Å²) in [5.41, 5.74) is 1.09. The summed E-state index contributed by atoms with van der Waals surface area (Å²) in [6.45, 7) is 0. The van der Waals surface area contributed by atoms with E-state index >= 15 is 0 Å². The Bertz CT molecular complexity index is 816. The average Bonchev–Trinajstić information content (AvgIpc) is 2.66. The quantitative estimate of drug-likeness (QED) is 0.481. The first-order chi connectivity index (χ1) is 12.5. The van der Waals surface area contributed by atoms with Crippen molar-refractivity contribution in [2.75, 3.05) is 14.2 Å². The number of hydrogen-bond donors (Lipinski definition) is 2. The van der Waals surface area contributed by atoms with Gasteiger partial charge in [0.15, 0.2) is 0 Å². The van der Waals surface area contributed by atoms with Crippen LogP contribution in [0.5, 0.6) is 11.5 Å². The maximum absolute atomic E-state index is 11.5. The molecule has 8 nitrogen and oxygen atoms in total. The molecule has 0 saturated carbocycles. The van der Waals surface area contributed by atoms with Crippen LogP contribution in [0.3, 0.4) is 0 Å². The van der Waals surface area contributed by atoms with Crippen molar-refractivity contribution in [2.24, 2.45) is 10.2 Å². The van der Waals surface area contributed by atoms with Gasteiger partial charge in [0, 0.05) is 0 Å². The second kappa shape index (κ2) is 8.43. The number of phenols is 2. The van der Waals surface area contributed by atoms with Gasteiger partial charge in [-0.3, -0.25) is 0 Å². The number of aromatic hydroxyl groups is 2. The molecule has 0 aliphatic carbocycles. The molecule has 0 bridgehead atoms. The Morgan fingerprint density at radius 3 is 1.54 bits per heavy atom. The Labute approximate surface area is 149 Å². The summed E-state index contributed by atoms with van der Waals surface area (Å²) in [5.74, 6) is -1.73. The summed E-state index contributed by atoms with van der Waals surface area (Å²) < 4.78 is 9.15. The first-order valence-corrected chi connectivity index (χ1v) is 7.35. The van der Waals surface area contributed by atoms with Crippen LogP contribution in [0.15, 0.2) is 46.6 Å². The fourth-order valence-corrected chi connectivity index (χ4v) is 2.01. The highest BCUT2D eigenvalue weighted by atomic mass is 16.5. The van der Waals surface area contributed by atoms with Gasteiger partial charge in [0.25, 0.3) is 0 Å². The van der Waals surface area contributed by atoms with Crippen LogP contribution in [0, 0.1) is 0 Å². The molecule has 0 fully saturated rings. The summed E-state index contributed by atoms with van der Waals surface area (Å²) in [5, 5.41) is 27.0. The molecular weight excluding hydrogens is 340 g/mol. The molecule has 0 unspecified atom stereocenters. The minimum absolute atomic E-state index is 0.0154. The fourth-order valence-electron chi connectivity index (χ4n) is 2.01. The van der Waals surface area contributed by atoms with Crippen LogP contribution >= 0.6 is 0 Å². The minimum Gasteiger partial charge on any atom is -0.507 e. The summed E-state index contributed by atoms with van der Waals surface area (Å²) in [7, 11) is 2.43. The molecule has 26 heavy (non-hydrogen) atoms.